The smallest absolute Gasteiger partial charge is 0.375 e. The average Bonchev–Trinajstić information content (AvgIpc) is 2.91. The van der Waals surface area contributed by atoms with E-state index in [0.717, 1.165) is 0 Å². The van der Waals surface area contributed by atoms with Crippen LogP contribution in [0.4, 0.5) is 5.82 Å². The molecule has 0 aliphatic heterocycles. The zero-order valence-electron chi connectivity index (χ0n) is 13.0. The van der Waals surface area contributed by atoms with Crippen molar-refractivity contribution in [3.05, 3.63) is 57.9 Å². The lowest BCUT2D eigenvalue weighted by Crippen LogP contribution is -2.21. The second-order valence-electron chi connectivity index (χ2n) is 5.18. The molecule has 3 rings (SSSR count). The van der Waals surface area contributed by atoms with Crippen molar-refractivity contribution < 1.29 is 18.7 Å². The molecule has 0 spiro atoms. The molecular formula is C17H12Cl2N2O4. The van der Waals surface area contributed by atoms with E-state index in [2.05, 4.69) is 10.3 Å². The first-order valence-electron chi connectivity index (χ1n) is 7.21. The van der Waals surface area contributed by atoms with Crippen LogP contribution in [0.3, 0.4) is 0 Å². The highest BCUT2D eigenvalue weighted by Crippen LogP contribution is 2.28. The molecule has 2 aromatic heterocycles. The number of rotatable bonds is 4. The van der Waals surface area contributed by atoms with Crippen LogP contribution in [-0.2, 0) is 9.53 Å². The van der Waals surface area contributed by atoms with Gasteiger partial charge in [-0.1, -0.05) is 23.2 Å². The summed E-state index contributed by atoms with van der Waals surface area (Å²) >= 11 is 11.7. The Morgan fingerprint density at radius 2 is 1.96 bits per heavy atom. The van der Waals surface area contributed by atoms with E-state index in [1.54, 1.807) is 31.2 Å². The molecule has 0 fully saturated rings. The highest BCUT2D eigenvalue weighted by atomic mass is 35.5. The van der Waals surface area contributed by atoms with E-state index in [4.69, 9.17) is 32.4 Å². The predicted octanol–water partition coefficient (Wildman–Crippen LogP) is 4.24. The van der Waals surface area contributed by atoms with Crippen molar-refractivity contribution in [1.29, 1.82) is 0 Å². The van der Waals surface area contributed by atoms with E-state index >= 15 is 0 Å². The number of nitrogens with one attached hydrogen (secondary N) is 1. The second kappa shape index (κ2) is 7.13. The third kappa shape index (κ3) is 3.92. The molecule has 0 bridgehead atoms. The van der Waals surface area contributed by atoms with Crippen LogP contribution in [0.25, 0.3) is 11.0 Å². The maximum atomic E-state index is 12.2. The summed E-state index contributed by atoms with van der Waals surface area (Å²) in [6.07, 6.45) is 1.39. The fourth-order valence-electron chi connectivity index (χ4n) is 2.21. The number of aryl methyl sites for hydroxylation is 1. The van der Waals surface area contributed by atoms with E-state index in [1.165, 1.54) is 12.3 Å². The molecule has 1 aromatic carbocycles. The summed E-state index contributed by atoms with van der Waals surface area (Å²) in [5.74, 6) is -0.918. The largest absolute Gasteiger partial charge is 0.450 e. The minimum Gasteiger partial charge on any atom is -0.450 e. The minimum atomic E-state index is -0.732. The number of ether oxygens (including phenoxy) is 1. The zero-order valence-corrected chi connectivity index (χ0v) is 14.5. The Hall–Kier alpha value is -2.57. The third-order valence-electron chi connectivity index (χ3n) is 3.41. The maximum absolute atomic E-state index is 12.2. The number of pyridine rings is 1. The average molecular weight is 379 g/mol. The summed E-state index contributed by atoms with van der Waals surface area (Å²) in [4.78, 5) is 27.9. The molecule has 1 N–H and O–H groups in total. The summed E-state index contributed by atoms with van der Waals surface area (Å²) in [6.45, 7) is 1.25. The lowest BCUT2D eigenvalue weighted by molar-refractivity contribution is -0.119. The zero-order chi connectivity index (χ0) is 18.0. The number of anilines is 1. The number of furan rings is 1. The van der Waals surface area contributed by atoms with Crippen molar-refractivity contribution in [1.82, 2.24) is 4.98 Å². The Kier molecular flexibility index (Phi) is 4.92. The number of carbonyl (C=O) groups excluding carboxylic acids is 2. The molecular weight excluding hydrogens is 367 g/mol. The predicted molar refractivity (Wildman–Crippen MR) is 94.1 cm³/mol. The number of fused-ring (bicyclic) bond motifs is 1. The minimum absolute atomic E-state index is 0.0367. The molecule has 1 amide bonds. The number of benzene rings is 1. The van der Waals surface area contributed by atoms with Crippen molar-refractivity contribution in [2.45, 2.75) is 6.92 Å². The molecule has 6 nitrogen and oxygen atoms in total. The van der Waals surface area contributed by atoms with Crippen molar-refractivity contribution in [3.63, 3.8) is 0 Å². The topological polar surface area (TPSA) is 81.4 Å². The van der Waals surface area contributed by atoms with Gasteiger partial charge in [-0.3, -0.25) is 4.79 Å². The fraction of sp³-hybridized carbons (Fsp3) is 0.118. The monoisotopic (exact) mass is 378 g/mol. The van der Waals surface area contributed by atoms with Gasteiger partial charge in [0.15, 0.2) is 6.61 Å². The van der Waals surface area contributed by atoms with Gasteiger partial charge in [-0.15, -0.1) is 0 Å². The molecule has 0 aliphatic rings. The molecule has 128 valence electrons. The number of esters is 1. The van der Waals surface area contributed by atoms with Gasteiger partial charge in [-0.05, 0) is 37.3 Å². The number of halogens is 2. The number of hydrogen-bond acceptors (Lipinski definition) is 5. The van der Waals surface area contributed by atoms with Gasteiger partial charge >= 0.3 is 5.97 Å². The molecule has 0 unspecified atom stereocenters. The van der Waals surface area contributed by atoms with Gasteiger partial charge < -0.3 is 14.5 Å². The van der Waals surface area contributed by atoms with Gasteiger partial charge in [-0.2, -0.15) is 0 Å². The molecule has 0 radical (unpaired) electrons. The Morgan fingerprint density at radius 3 is 2.68 bits per heavy atom. The molecule has 8 heteroatoms. The number of amides is 1. The lowest BCUT2D eigenvalue weighted by atomic mass is 10.1. The first-order valence-corrected chi connectivity index (χ1v) is 7.97. The van der Waals surface area contributed by atoms with Crippen LogP contribution < -0.4 is 5.32 Å². The highest BCUT2D eigenvalue weighted by molar-refractivity contribution is 6.31. The van der Waals surface area contributed by atoms with Crippen molar-refractivity contribution in [3.8, 4) is 0 Å². The normalized spacial score (nSPS) is 10.7. The van der Waals surface area contributed by atoms with Gasteiger partial charge in [0.05, 0.1) is 5.02 Å². The van der Waals surface area contributed by atoms with Crippen LogP contribution in [0.15, 0.2) is 40.9 Å². The number of aromatic nitrogens is 1. The van der Waals surface area contributed by atoms with E-state index in [1.807, 2.05) is 0 Å². The maximum Gasteiger partial charge on any atom is 0.375 e. The van der Waals surface area contributed by atoms with Crippen LogP contribution in [0.5, 0.6) is 0 Å². The second-order valence-corrected chi connectivity index (χ2v) is 6.06. The van der Waals surface area contributed by atoms with Gasteiger partial charge in [-0.25, -0.2) is 9.78 Å². The molecule has 0 aliphatic carbocycles. The van der Waals surface area contributed by atoms with Crippen LogP contribution in [-0.4, -0.2) is 23.5 Å². The first kappa shape index (κ1) is 17.3. The van der Waals surface area contributed by atoms with Crippen LogP contribution >= 0.6 is 23.2 Å². The number of hydrogen-bond donors (Lipinski definition) is 1. The Balaban J connectivity index is 1.65. The molecule has 25 heavy (non-hydrogen) atoms. The van der Waals surface area contributed by atoms with Crippen LogP contribution in [0, 0.1) is 6.92 Å². The van der Waals surface area contributed by atoms with Crippen molar-refractivity contribution >= 4 is 51.9 Å². The first-order chi connectivity index (χ1) is 11.9. The molecule has 3 aromatic rings. The SMILES string of the molecule is Cc1c(C(=O)OCC(=O)Nc2ccc(Cl)cn2)oc2ccc(Cl)cc12. The van der Waals surface area contributed by atoms with Crippen molar-refractivity contribution in [2.24, 2.45) is 0 Å². The summed E-state index contributed by atoms with van der Waals surface area (Å²) in [7, 11) is 0. The Morgan fingerprint density at radius 1 is 1.20 bits per heavy atom. The van der Waals surface area contributed by atoms with Gasteiger partial charge in [0.2, 0.25) is 5.76 Å². The van der Waals surface area contributed by atoms with E-state index in [0.29, 0.717) is 32.4 Å². The summed E-state index contributed by atoms with van der Waals surface area (Å²) in [5.41, 5.74) is 1.12. The standard InChI is InChI=1S/C17H12Cl2N2O4/c1-9-12-6-10(18)2-4-13(12)25-16(9)17(23)24-8-15(22)21-14-5-3-11(19)7-20-14/h2-7H,8H2,1H3,(H,20,21,22). The third-order valence-corrected chi connectivity index (χ3v) is 3.87. The summed E-state index contributed by atoms with van der Waals surface area (Å²) in [5, 5.41) is 4.19. The van der Waals surface area contributed by atoms with E-state index in [9.17, 15) is 9.59 Å². The quantitative estimate of drug-likeness (QED) is 0.686. The number of nitrogens with zero attached hydrogens (tertiary/aromatic N) is 1. The van der Waals surface area contributed by atoms with Gasteiger partial charge in [0, 0.05) is 22.2 Å². The molecule has 0 saturated carbocycles. The van der Waals surface area contributed by atoms with Crippen molar-refractivity contribution in [2.75, 3.05) is 11.9 Å². The molecule has 0 saturated heterocycles. The van der Waals surface area contributed by atoms with Gasteiger partial charge in [0.1, 0.15) is 11.4 Å². The number of carbonyl (C=O) groups is 2. The lowest BCUT2D eigenvalue weighted by Gasteiger charge is -2.05. The molecule has 0 atom stereocenters. The van der Waals surface area contributed by atoms with Crippen LogP contribution in [0.2, 0.25) is 10.0 Å². The summed E-state index contributed by atoms with van der Waals surface area (Å²) in [6, 6.07) is 8.15. The van der Waals surface area contributed by atoms with E-state index in [-0.39, 0.29) is 5.76 Å². The van der Waals surface area contributed by atoms with E-state index < -0.39 is 18.5 Å². The fourth-order valence-corrected chi connectivity index (χ4v) is 2.50. The Bertz CT molecular complexity index is 951. The Labute approximate surface area is 152 Å². The van der Waals surface area contributed by atoms with Gasteiger partial charge in [0.25, 0.3) is 5.91 Å². The summed E-state index contributed by atoms with van der Waals surface area (Å²) < 4.78 is 10.5. The highest BCUT2D eigenvalue weighted by Gasteiger charge is 2.20. The van der Waals surface area contributed by atoms with Crippen LogP contribution in [0.1, 0.15) is 16.1 Å². The molecule has 2 heterocycles.